The summed E-state index contributed by atoms with van der Waals surface area (Å²) in [4.78, 5) is 40.2. The lowest BCUT2D eigenvalue weighted by molar-refractivity contribution is -0.141. The first-order chi connectivity index (χ1) is 14.9. The van der Waals surface area contributed by atoms with E-state index in [1.165, 1.54) is 23.2 Å². The van der Waals surface area contributed by atoms with Gasteiger partial charge in [0, 0.05) is 31.6 Å². The number of carbonyl (C=O) groups excluding carboxylic acids is 3. The highest BCUT2D eigenvalue weighted by molar-refractivity contribution is 7.09. The van der Waals surface area contributed by atoms with Crippen LogP contribution in [0.1, 0.15) is 42.3 Å². The maximum atomic E-state index is 13.2. The van der Waals surface area contributed by atoms with Crippen molar-refractivity contribution in [3.63, 3.8) is 0 Å². The summed E-state index contributed by atoms with van der Waals surface area (Å²) in [6, 6.07) is 10.6. The Bertz CT molecular complexity index is 837. The Morgan fingerprint density at radius 3 is 2.48 bits per heavy atom. The van der Waals surface area contributed by atoms with E-state index >= 15 is 0 Å². The summed E-state index contributed by atoms with van der Waals surface area (Å²) in [7, 11) is 0. The summed E-state index contributed by atoms with van der Waals surface area (Å²) >= 11 is 1.52. The molecule has 0 aliphatic rings. The monoisotopic (exact) mass is 445 g/mol. The number of hydrogen-bond donors (Lipinski definition) is 2. The van der Waals surface area contributed by atoms with Crippen LogP contribution in [-0.4, -0.2) is 48.9 Å². The normalized spacial score (nSPS) is 11.6. The summed E-state index contributed by atoms with van der Waals surface area (Å²) in [5.41, 5.74) is 1.79. The largest absolute Gasteiger partial charge is 0.382 e. The predicted molar refractivity (Wildman–Crippen MR) is 122 cm³/mol. The average Bonchev–Trinajstić information content (AvgIpc) is 3.26. The van der Waals surface area contributed by atoms with Gasteiger partial charge in [0.2, 0.25) is 17.7 Å². The van der Waals surface area contributed by atoms with E-state index in [2.05, 4.69) is 10.6 Å². The molecule has 8 heteroatoms. The number of nitrogens with zero attached hydrogens (tertiary/aromatic N) is 1. The molecular weight excluding hydrogens is 414 g/mol. The van der Waals surface area contributed by atoms with E-state index in [1.54, 1.807) is 0 Å². The molecule has 0 fully saturated rings. The van der Waals surface area contributed by atoms with E-state index < -0.39 is 6.04 Å². The molecule has 1 heterocycles. The van der Waals surface area contributed by atoms with Crippen LogP contribution in [0.3, 0.4) is 0 Å². The van der Waals surface area contributed by atoms with Crippen LogP contribution >= 0.6 is 11.3 Å². The molecule has 2 N–H and O–H groups in total. The minimum Gasteiger partial charge on any atom is -0.382 e. The zero-order chi connectivity index (χ0) is 22.6. The number of thiophene rings is 1. The molecule has 0 saturated carbocycles. The first kappa shape index (κ1) is 24.6. The molecule has 0 spiro atoms. The zero-order valence-corrected chi connectivity index (χ0v) is 19.2. The van der Waals surface area contributed by atoms with Gasteiger partial charge < -0.3 is 20.3 Å². The molecule has 1 atom stereocenters. The lowest BCUT2D eigenvalue weighted by atomic mass is 10.0. The number of amides is 3. The van der Waals surface area contributed by atoms with Gasteiger partial charge in [-0.15, -0.1) is 11.3 Å². The molecule has 1 aromatic heterocycles. The van der Waals surface area contributed by atoms with Crippen LogP contribution in [0.15, 0.2) is 41.8 Å². The van der Waals surface area contributed by atoms with Gasteiger partial charge in [0.05, 0.1) is 13.1 Å². The van der Waals surface area contributed by atoms with E-state index in [9.17, 15) is 14.4 Å². The second kappa shape index (κ2) is 12.9. The van der Waals surface area contributed by atoms with Gasteiger partial charge in [-0.3, -0.25) is 14.4 Å². The Morgan fingerprint density at radius 1 is 1.13 bits per heavy atom. The quantitative estimate of drug-likeness (QED) is 0.492. The number of rotatable bonds is 12. The molecule has 2 aromatic rings. The fourth-order valence-corrected chi connectivity index (χ4v) is 3.75. The maximum Gasteiger partial charge on any atom is 0.247 e. The highest BCUT2D eigenvalue weighted by Crippen LogP contribution is 2.25. The fourth-order valence-electron chi connectivity index (χ4n) is 3.04. The van der Waals surface area contributed by atoms with E-state index in [1.807, 2.05) is 55.6 Å². The lowest BCUT2D eigenvalue weighted by Gasteiger charge is -2.31. The Morgan fingerprint density at radius 2 is 1.87 bits per heavy atom. The Kier molecular flexibility index (Phi) is 10.2. The van der Waals surface area contributed by atoms with Gasteiger partial charge >= 0.3 is 0 Å². The average molecular weight is 446 g/mol. The first-order valence-electron chi connectivity index (χ1n) is 10.4. The van der Waals surface area contributed by atoms with E-state index in [0.717, 1.165) is 16.0 Å². The van der Waals surface area contributed by atoms with Crippen LogP contribution < -0.4 is 10.6 Å². The van der Waals surface area contributed by atoms with Crippen LogP contribution in [0.2, 0.25) is 0 Å². The van der Waals surface area contributed by atoms with Crippen LogP contribution in [0.4, 0.5) is 0 Å². The number of ether oxygens (including phenoxy) is 1. The number of benzene rings is 1. The number of hydrogen-bond acceptors (Lipinski definition) is 5. The van der Waals surface area contributed by atoms with Crippen LogP contribution in [0.25, 0.3) is 0 Å². The second-order valence-electron chi connectivity index (χ2n) is 7.17. The third-order valence-corrected chi connectivity index (χ3v) is 5.50. The topological polar surface area (TPSA) is 87.7 Å². The summed E-state index contributed by atoms with van der Waals surface area (Å²) < 4.78 is 5.33. The third kappa shape index (κ3) is 8.15. The van der Waals surface area contributed by atoms with Crippen molar-refractivity contribution in [3.8, 4) is 0 Å². The molecule has 0 aliphatic carbocycles. The molecule has 0 unspecified atom stereocenters. The standard InChI is InChI=1S/C23H31N3O4S/c1-4-30-13-6-12-24-23(29)22(19-10-8-17(2)9-11-19)26(16-20-7-5-14-31-20)21(28)15-25-18(3)27/h5,7-11,14,22H,4,6,12-13,15-16H2,1-3H3,(H,24,29)(H,25,27)/t22-/m0/s1. The van der Waals surface area contributed by atoms with Gasteiger partial charge in [-0.1, -0.05) is 35.9 Å². The molecule has 7 nitrogen and oxygen atoms in total. The molecule has 168 valence electrons. The highest BCUT2D eigenvalue weighted by atomic mass is 32.1. The molecule has 0 radical (unpaired) electrons. The van der Waals surface area contributed by atoms with Crippen molar-refractivity contribution in [1.82, 2.24) is 15.5 Å². The molecule has 0 bridgehead atoms. The summed E-state index contributed by atoms with van der Waals surface area (Å²) in [6.07, 6.45) is 0.685. The number of carbonyl (C=O) groups is 3. The smallest absolute Gasteiger partial charge is 0.247 e. The zero-order valence-electron chi connectivity index (χ0n) is 18.3. The van der Waals surface area contributed by atoms with Crippen molar-refractivity contribution in [2.45, 2.75) is 39.8 Å². The molecular formula is C23H31N3O4S. The van der Waals surface area contributed by atoms with Gasteiger partial charge in [-0.2, -0.15) is 0 Å². The number of aryl methyl sites for hydroxylation is 1. The van der Waals surface area contributed by atoms with Crippen molar-refractivity contribution in [2.24, 2.45) is 0 Å². The first-order valence-corrected chi connectivity index (χ1v) is 11.3. The third-order valence-electron chi connectivity index (χ3n) is 4.64. The Hall–Kier alpha value is -2.71. The van der Waals surface area contributed by atoms with Gasteiger partial charge in [-0.25, -0.2) is 0 Å². The van der Waals surface area contributed by atoms with Crippen molar-refractivity contribution in [2.75, 3.05) is 26.3 Å². The van der Waals surface area contributed by atoms with Crippen molar-refractivity contribution >= 4 is 29.1 Å². The van der Waals surface area contributed by atoms with E-state index in [4.69, 9.17) is 4.74 Å². The Balaban J connectivity index is 2.29. The van der Waals surface area contributed by atoms with Crippen molar-refractivity contribution < 1.29 is 19.1 Å². The van der Waals surface area contributed by atoms with Gasteiger partial charge in [-0.05, 0) is 37.3 Å². The summed E-state index contributed by atoms with van der Waals surface area (Å²) in [5.74, 6) is -0.872. The van der Waals surface area contributed by atoms with Crippen LogP contribution in [-0.2, 0) is 25.7 Å². The molecule has 3 amide bonds. The van der Waals surface area contributed by atoms with Crippen LogP contribution in [0, 0.1) is 6.92 Å². The molecule has 0 aliphatic heterocycles. The number of nitrogens with one attached hydrogen (secondary N) is 2. The van der Waals surface area contributed by atoms with E-state index in [0.29, 0.717) is 26.2 Å². The molecule has 2 rings (SSSR count). The maximum absolute atomic E-state index is 13.2. The minimum absolute atomic E-state index is 0.166. The van der Waals surface area contributed by atoms with Gasteiger partial charge in [0.1, 0.15) is 6.04 Å². The lowest BCUT2D eigenvalue weighted by Crippen LogP contribution is -2.46. The minimum atomic E-state index is -0.809. The van der Waals surface area contributed by atoms with Crippen molar-refractivity contribution in [3.05, 3.63) is 57.8 Å². The van der Waals surface area contributed by atoms with Gasteiger partial charge in [0.25, 0.3) is 0 Å². The van der Waals surface area contributed by atoms with Crippen LogP contribution in [0.5, 0.6) is 0 Å². The Labute approximate surface area is 187 Å². The molecule has 0 saturated heterocycles. The SMILES string of the molecule is CCOCCCNC(=O)[C@H](c1ccc(C)cc1)N(Cc1cccs1)C(=O)CNC(C)=O. The van der Waals surface area contributed by atoms with Crippen molar-refractivity contribution in [1.29, 1.82) is 0 Å². The molecule has 31 heavy (non-hydrogen) atoms. The summed E-state index contributed by atoms with van der Waals surface area (Å²) in [6.45, 7) is 7.01. The summed E-state index contributed by atoms with van der Waals surface area (Å²) in [5, 5.41) is 7.42. The predicted octanol–water partition coefficient (Wildman–Crippen LogP) is 2.81. The van der Waals surface area contributed by atoms with E-state index in [-0.39, 0.29) is 30.8 Å². The fraction of sp³-hybridized carbons (Fsp3) is 0.435. The van der Waals surface area contributed by atoms with Gasteiger partial charge in [0.15, 0.2) is 0 Å². The molecule has 1 aromatic carbocycles. The highest BCUT2D eigenvalue weighted by Gasteiger charge is 2.31. The second-order valence-corrected chi connectivity index (χ2v) is 8.20.